The van der Waals surface area contributed by atoms with E-state index in [1.165, 1.54) is 4.57 Å². The number of aromatic nitrogens is 2. The normalized spacial score (nSPS) is 17.3. The molecule has 3 heterocycles. The lowest BCUT2D eigenvalue weighted by molar-refractivity contribution is -0.138. The molecule has 0 aromatic carbocycles. The van der Waals surface area contributed by atoms with Crippen molar-refractivity contribution in [3.8, 4) is 0 Å². The first-order valence-corrected chi connectivity index (χ1v) is 8.69. The van der Waals surface area contributed by atoms with Crippen LogP contribution in [0.4, 0.5) is 5.82 Å². The van der Waals surface area contributed by atoms with Crippen molar-refractivity contribution in [3.05, 3.63) is 46.9 Å². The van der Waals surface area contributed by atoms with Gasteiger partial charge in [-0.25, -0.2) is 4.98 Å². The molecule has 0 aliphatic carbocycles. The summed E-state index contributed by atoms with van der Waals surface area (Å²) in [7, 11) is 3.50. The van der Waals surface area contributed by atoms with Gasteiger partial charge >= 0.3 is 0 Å². The zero-order valence-electron chi connectivity index (χ0n) is 15.1. The Labute approximate surface area is 152 Å². The first-order valence-electron chi connectivity index (χ1n) is 8.69. The van der Waals surface area contributed by atoms with Gasteiger partial charge in [0.1, 0.15) is 5.76 Å². The Morgan fingerprint density at radius 1 is 1.46 bits per heavy atom. The van der Waals surface area contributed by atoms with Gasteiger partial charge in [0.05, 0.1) is 19.0 Å². The SMILES string of the molecule is CN(C[C@H]1CN(C(=O)CCc2ccco2)CCO1)c1nccn(C)c1=O. The van der Waals surface area contributed by atoms with Crippen molar-refractivity contribution in [1.29, 1.82) is 0 Å². The third kappa shape index (κ3) is 4.32. The molecule has 2 aromatic rings. The van der Waals surface area contributed by atoms with Crippen LogP contribution >= 0.6 is 0 Å². The number of anilines is 1. The molecule has 8 heteroatoms. The van der Waals surface area contributed by atoms with Crippen LogP contribution in [-0.4, -0.2) is 59.8 Å². The minimum atomic E-state index is -0.159. The van der Waals surface area contributed by atoms with E-state index in [9.17, 15) is 9.59 Å². The second-order valence-corrected chi connectivity index (χ2v) is 6.46. The lowest BCUT2D eigenvalue weighted by Crippen LogP contribution is -2.49. The molecule has 1 saturated heterocycles. The molecule has 0 spiro atoms. The summed E-state index contributed by atoms with van der Waals surface area (Å²) in [5.41, 5.74) is -0.155. The van der Waals surface area contributed by atoms with Crippen molar-refractivity contribution in [1.82, 2.24) is 14.5 Å². The summed E-state index contributed by atoms with van der Waals surface area (Å²) < 4.78 is 12.5. The van der Waals surface area contributed by atoms with Gasteiger partial charge in [0.2, 0.25) is 5.91 Å². The van der Waals surface area contributed by atoms with Gasteiger partial charge in [-0.05, 0) is 12.1 Å². The number of amides is 1. The second kappa shape index (κ2) is 8.18. The molecule has 26 heavy (non-hydrogen) atoms. The molecule has 0 unspecified atom stereocenters. The maximum atomic E-state index is 12.4. The standard InChI is InChI=1S/C18H24N4O4/c1-20-8-7-19-17(18(20)24)21(2)12-15-13-22(9-11-26-15)16(23)6-5-14-4-3-10-25-14/h3-4,7-8,10,15H,5-6,9,11-13H2,1-2H3/t15-/m0/s1. The number of carbonyl (C=O) groups excluding carboxylic acids is 1. The quantitative estimate of drug-likeness (QED) is 0.753. The van der Waals surface area contributed by atoms with E-state index in [0.29, 0.717) is 44.9 Å². The first-order chi connectivity index (χ1) is 12.5. The molecule has 8 nitrogen and oxygen atoms in total. The van der Waals surface area contributed by atoms with E-state index >= 15 is 0 Å². The highest BCUT2D eigenvalue weighted by Crippen LogP contribution is 2.12. The highest BCUT2D eigenvalue weighted by molar-refractivity contribution is 5.76. The highest BCUT2D eigenvalue weighted by Gasteiger charge is 2.26. The van der Waals surface area contributed by atoms with E-state index in [-0.39, 0.29) is 17.6 Å². The number of carbonyl (C=O) groups is 1. The third-order valence-electron chi connectivity index (χ3n) is 4.49. The summed E-state index contributed by atoms with van der Waals surface area (Å²) in [5.74, 6) is 1.28. The zero-order chi connectivity index (χ0) is 18.5. The molecule has 1 aliphatic rings. The molecule has 0 radical (unpaired) electrons. The maximum Gasteiger partial charge on any atom is 0.293 e. The Morgan fingerprint density at radius 3 is 3.08 bits per heavy atom. The van der Waals surface area contributed by atoms with E-state index in [1.807, 2.05) is 24.1 Å². The number of ether oxygens (including phenoxy) is 1. The monoisotopic (exact) mass is 360 g/mol. The predicted molar refractivity (Wildman–Crippen MR) is 96.1 cm³/mol. The Kier molecular flexibility index (Phi) is 5.72. The summed E-state index contributed by atoms with van der Waals surface area (Å²) in [6.07, 6.45) is 5.68. The topological polar surface area (TPSA) is 80.8 Å². The van der Waals surface area contributed by atoms with Crippen LogP contribution in [0.5, 0.6) is 0 Å². The maximum absolute atomic E-state index is 12.4. The Hall–Kier alpha value is -2.61. The van der Waals surface area contributed by atoms with Crippen LogP contribution in [0.2, 0.25) is 0 Å². The Bertz CT molecular complexity index is 787. The van der Waals surface area contributed by atoms with E-state index in [1.54, 1.807) is 30.6 Å². The van der Waals surface area contributed by atoms with Crippen molar-refractivity contribution in [3.63, 3.8) is 0 Å². The molecular formula is C18H24N4O4. The second-order valence-electron chi connectivity index (χ2n) is 6.46. The van der Waals surface area contributed by atoms with Crippen molar-refractivity contribution in [2.24, 2.45) is 7.05 Å². The van der Waals surface area contributed by atoms with Crippen LogP contribution in [0.1, 0.15) is 12.2 Å². The first kappa shape index (κ1) is 18.2. The Balaban J connectivity index is 1.55. The summed E-state index contributed by atoms with van der Waals surface area (Å²) in [6.45, 7) is 2.08. The molecule has 0 bridgehead atoms. The van der Waals surface area contributed by atoms with Gasteiger partial charge in [0.25, 0.3) is 5.56 Å². The van der Waals surface area contributed by atoms with Crippen LogP contribution in [0.15, 0.2) is 40.0 Å². The van der Waals surface area contributed by atoms with Gasteiger partial charge in [0, 0.05) is 59.0 Å². The minimum absolute atomic E-state index is 0.0890. The lowest BCUT2D eigenvalue weighted by Gasteiger charge is -2.35. The lowest BCUT2D eigenvalue weighted by atomic mass is 10.2. The summed E-state index contributed by atoms with van der Waals surface area (Å²) in [6, 6.07) is 3.69. The van der Waals surface area contributed by atoms with Crippen molar-refractivity contribution < 1.29 is 13.9 Å². The van der Waals surface area contributed by atoms with Crippen LogP contribution < -0.4 is 10.5 Å². The third-order valence-corrected chi connectivity index (χ3v) is 4.49. The van der Waals surface area contributed by atoms with Crippen molar-refractivity contribution in [2.45, 2.75) is 18.9 Å². The Morgan fingerprint density at radius 2 is 2.31 bits per heavy atom. The van der Waals surface area contributed by atoms with Gasteiger partial charge in [0.15, 0.2) is 5.82 Å². The fraction of sp³-hybridized carbons (Fsp3) is 0.500. The number of hydrogen-bond donors (Lipinski definition) is 0. The van der Waals surface area contributed by atoms with Crippen molar-refractivity contribution >= 4 is 11.7 Å². The smallest absolute Gasteiger partial charge is 0.293 e. The molecule has 1 atom stereocenters. The van der Waals surface area contributed by atoms with Crippen LogP contribution in [-0.2, 0) is 23.0 Å². The van der Waals surface area contributed by atoms with Crippen LogP contribution in [0.25, 0.3) is 0 Å². The van der Waals surface area contributed by atoms with Gasteiger partial charge in [-0.1, -0.05) is 0 Å². The zero-order valence-corrected chi connectivity index (χ0v) is 15.1. The van der Waals surface area contributed by atoms with Crippen molar-refractivity contribution in [2.75, 3.05) is 38.2 Å². The molecule has 3 rings (SSSR count). The minimum Gasteiger partial charge on any atom is -0.469 e. The van der Waals surface area contributed by atoms with Crippen LogP contribution in [0, 0.1) is 0 Å². The number of furan rings is 1. The molecule has 1 aliphatic heterocycles. The number of rotatable bonds is 6. The largest absolute Gasteiger partial charge is 0.469 e. The van der Waals surface area contributed by atoms with Gasteiger partial charge in [-0.2, -0.15) is 0 Å². The average Bonchev–Trinajstić information content (AvgIpc) is 3.15. The summed E-state index contributed by atoms with van der Waals surface area (Å²) in [4.78, 5) is 32.4. The van der Waals surface area contributed by atoms with E-state index < -0.39 is 0 Å². The van der Waals surface area contributed by atoms with Gasteiger partial charge in [-0.3, -0.25) is 9.59 Å². The molecule has 0 N–H and O–H groups in total. The number of hydrogen-bond acceptors (Lipinski definition) is 6. The number of likely N-dealkylation sites (N-methyl/N-ethyl adjacent to an activating group) is 1. The number of nitrogens with zero attached hydrogens (tertiary/aromatic N) is 4. The highest BCUT2D eigenvalue weighted by atomic mass is 16.5. The predicted octanol–water partition coefficient (Wildman–Crippen LogP) is 0.670. The molecule has 140 valence electrons. The molecular weight excluding hydrogens is 336 g/mol. The fourth-order valence-electron chi connectivity index (χ4n) is 3.04. The average molecular weight is 360 g/mol. The van der Waals surface area contributed by atoms with Gasteiger partial charge in [-0.15, -0.1) is 0 Å². The van der Waals surface area contributed by atoms with E-state index in [4.69, 9.17) is 9.15 Å². The molecule has 2 aromatic heterocycles. The summed E-state index contributed by atoms with van der Waals surface area (Å²) >= 11 is 0. The van der Waals surface area contributed by atoms with Crippen LogP contribution in [0.3, 0.4) is 0 Å². The molecule has 1 fully saturated rings. The fourth-order valence-corrected chi connectivity index (χ4v) is 3.04. The molecule has 0 saturated carbocycles. The van der Waals surface area contributed by atoms with Gasteiger partial charge < -0.3 is 23.5 Å². The number of aryl methyl sites for hydroxylation is 2. The van der Waals surface area contributed by atoms with E-state index in [0.717, 1.165) is 5.76 Å². The van der Waals surface area contributed by atoms with E-state index in [2.05, 4.69) is 4.98 Å². The summed E-state index contributed by atoms with van der Waals surface area (Å²) in [5, 5.41) is 0. The number of morpholine rings is 1. The molecule has 1 amide bonds.